The molecule has 0 bridgehead atoms. The van der Waals surface area contributed by atoms with E-state index in [0.717, 1.165) is 11.3 Å². The van der Waals surface area contributed by atoms with Gasteiger partial charge in [0.2, 0.25) is 5.91 Å². The minimum Gasteiger partial charge on any atom is -0.461 e. The standard InChI is InChI=1S/C11H14N2O4S/c1-4-7(15)9-8(10(16)17-5-2)13-11(18-9)12-6(3)14/h4-5H2,1-3H3,(H,12,13,14). The zero-order valence-corrected chi connectivity index (χ0v) is 11.2. The van der Waals surface area contributed by atoms with E-state index in [1.54, 1.807) is 13.8 Å². The van der Waals surface area contributed by atoms with E-state index in [0.29, 0.717) is 0 Å². The Kier molecular flexibility index (Phi) is 4.96. The molecule has 0 spiro atoms. The summed E-state index contributed by atoms with van der Waals surface area (Å²) in [5, 5.41) is 2.67. The molecule has 0 saturated carbocycles. The van der Waals surface area contributed by atoms with E-state index in [1.807, 2.05) is 0 Å². The molecule has 1 aromatic rings. The van der Waals surface area contributed by atoms with Crippen molar-refractivity contribution in [1.82, 2.24) is 4.98 Å². The third-order valence-corrected chi connectivity index (χ3v) is 2.97. The summed E-state index contributed by atoms with van der Waals surface area (Å²) in [6.45, 7) is 4.88. The molecule has 0 fully saturated rings. The Morgan fingerprint density at radius 1 is 1.33 bits per heavy atom. The number of nitrogens with zero attached hydrogens (tertiary/aromatic N) is 1. The highest BCUT2D eigenvalue weighted by molar-refractivity contribution is 7.18. The monoisotopic (exact) mass is 270 g/mol. The number of thiazole rings is 1. The van der Waals surface area contributed by atoms with Crippen molar-refractivity contribution in [2.75, 3.05) is 11.9 Å². The number of nitrogens with one attached hydrogen (secondary N) is 1. The molecule has 0 saturated heterocycles. The topological polar surface area (TPSA) is 85.4 Å². The molecule has 0 aromatic carbocycles. The molecule has 0 aliphatic carbocycles. The number of Topliss-reactive ketones (excluding diaryl/α,β-unsaturated/α-hetero) is 1. The van der Waals surface area contributed by atoms with Crippen molar-refractivity contribution < 1.29 is 19.1 Å². The SMILES string of the molecule is CCOC(=O)c1nc(NC(C)=O)sc1C(=O)CC. The van der Waals surface area contributed by atoms with Gasteiger partial charge in [0.25, 0.3) is 0 Å². The minimum absolute atomic E-state index is 0.0301. The van der Waals surface area contributed by atoms with Crippen LogP contribution in [0.25, 0.3) is 0 Å². The van der Waals surface area contributed by atoms with Gasteiger partial charge in [-0.2, -0.15) is 0 Å². The van der Waals surface area contributed by atoms with Gasteiger partial charge < -0.3 is 10.1 Å². The van der Waals surface area contributed by atoms with E-state index < -0.39 is 5.97 Å². The first kappa shape index (κ1) is 14.3. The molecule has 0 atom stereocenters. The zero-order chi connectivity index (χ0) is 13.7. The highest BCUT2D eigenvalue weighted by Crippen LogP contribution is 2.25. The molecule has 7 heteroatoms. The number of carbonyl (C=O) groups is 3. The number of amides is 1. The lowest BCUT2D eigenvalue weighted by atomic mass is 10.2. The van der Waals surface area contributed by atoms with Crippen LogP contribution in [0.4, 0.5) is 5.13 Å². The van der Waals surface area contributed by atoms with Gasteiger partial charge in [-0.1, -0.05) is 18.3 Å². The summed E-state index contributed by atoms with van der Waals surface area (Å²) in [6, 6.07) is 0. The molecule has 1 amide bonds. The van der Waals surface area contributed by atoms with Crippen LogP contribution in [-0.2, 0) is 9.53 Å². The third-order valence-electron chi connectivity index (χ3n) is 1.95. The van der Waals surface area contributed by atoms with Crippen molar-refractivity contribution in [2.24, 2.45) is 0 Å². The summed E-state index contributed by atoms with van der Waals surface area (Å²) in [6.07, 6.45) is 0.258. The number of esters is 1. The first-order chi connectivity index (χ1) is 8.49. The Hall–Kier alpha value is -1.76. The van der Waals surface area contributed by atoms with Gasteiger partial charge in [0.1, 0.15) is 4.88 Å². The summed E-state index contributed by atoms with van der Waals surface area (Å²) >= 11 is 0.981. The molecule has 1 N–H and O–H groups in total. The number of ether oxygens (including phenoxy) is 1. The Morgan fingerprint density at radius 2 is 2.00 bits per heavy atom. The number of hydrogen-bond acceptors (Lipinski definition) is 6. The number of anilines is 1. The molecule has 98 valence electrons. The van der Waals surface area contributed by atoms with Crippen molar-refractivity contribution >= 4 is 34.1 Å². The lowest BCUT2D eigenvalue weighted by Gasteiger charge is -1.99. The molecular weight excluding hydrogens is 256 g/mol. The molecular formula is C11H14N2O4S. The van der Waals surface area contributed by atoms with Crippen molar-refractivity contribution in [3.8, 4) is 0 Å². The maximum atomic E-state index is 11.7. The van der Waals surface area contributed by atoms with E-state index in [1.165, 1.54) is 6.92 Å². The predicted octanol–water partition coefficient (Wildman–Crippen LogP) is 1.87. The maximum Gasteiger partial charge on any atom is 0.358 e. The normalized spacial score (nSPS) is 9.94. The van der Waals surface area contributed by atoms with E-state index in [4.69, 9.17) is 4.74 Å². The fraction of sp³-hybridized carbons (Fsp3) is 0.455. The second-order valence-corrected chi connectivity index (χ2v) is 4.37. The van der Waals surface area contributed by atoms with Gasteiger partial charge in [0.15, 0.2) is 16.6 Å². The first-order valence-corrected chi connectivity index (χ1v) is 6.29. The van der Waals surface area contributed by atoms with Crippen molar-refractivity contribution in [3.63, 3.8) is 0 Å². The van der Waals surface area contributed by atoms with Crippen LogP contribution in [0.3, 0.4) is 0 Å². The van der Waals surface area contributed by atoms with E-state index in [9.17, 15) is 14.4 Å². The van der Waals surface area contributed by atoms with Gasteiger partial charge in [-0.25, -0.2) is 9.78 Å². The highest BCUT2D eigenvalue weighted by atomic mass is 32.1. The molecule has 6 nitrogen and oxygen atoms in total. The lowest BCUT2D eigenvalue weighted by molar-refractivity contribution is -0.114. The largest absolute Gasteiger partial charge is 0.461 e. The number of carbonyl (C=O) groups excluding carboxylic acids is 3. The average Bonchev–Trinajstić information content (AvgIpc) is 2.71. The Morgan fingerprint density at radius 3 is 2.50 bits per heavy atom. The summed E-state index contributed by atoms with van der Waals surface area (Å²) in [4.78, 5) is 38.4. The molecule has 0 radical (unpaired) electrons. The van der Waals surface area contributed by atoms with Crippen LogP contribution < -0.4 is 5.32 Å². The van der Waals surface area contributed by atoms with Crippen LogP contribution in [-0.4, -0.2) is 29.3 Å². The zero-order valence-electron chi connectivity index (χ0n) is 10.4. The second-order valence-electron chi connectivity index (χ2n) is 3.38. The Bertz CT molecular complexity index is 481. The van der Waals surface area contributed by atoms with Crippen LogP contribution in [0.15, 0.2) is 0 Å². The molecule has 18 heavy (non-hydrogen) atoms. The summed E-state index contributed by atoms with van der Waals surface area (Å²) in [7, 11) is 0. The quantitative estimate of drug-likeness (QED) is 0.652. The number of aromatic nitrogens is 1. The summed E-state index contributed by atoms with van der Waals surface area (Å²) in [5.41, 5.74) is -0.0301. The van der Waals surface area contributed by atoms with Crippen molar-refractivity contribution in [2.45, 2.75) is 27.2 Å². The van der Waals surface area contributed by atoms with Gasteiger partial charge >= 0.3 is 5.97 Å². The molecule has 0 aliphatic heterocycles. The highest BCUT2D eigenvalue weighted by Gasteiger charge is 2.23. The van der Waals surface area contributed by atoms with Crippen molar-refractivity contribution in [3.05, 3.63) is 10.6 Å². The summed E-state index contributed by atoms with van der Waals surface area (Å²) in [5.74, 6) is -1.16. The van der Waals surface area contributed by atoms with Crippen LogP contribution in [0.1, 0.15) is 47.4 Å². The smallest absolute Gasteiger partial charge is 0.358 e. The second kappa shape index (κ2) is 6.25. The van der Waals surface area contributed by atoms with E-state index in [-0.39, 0.29) is 40.4 Å². The fourth-order valence-electron chi connectivity index (χ4n) is 1.21. The Balaban J connectivity index is 3.12. The van der Waals surface area contributed by atoms with Crippen LogP contribution in [0, 0.1) is 0 Å². The van der Waals surface area contributed by atoms with Crippen LogP contribution >= 0.6 is 11.3 Å². The maximum absolute atomic E-state index is 11.7. The molecule has 1 heterocycles. The third kappa shape index (κ3) is 3.36. The van der Waals surface area contributed by atoms with Gasteiger partial charge in [-0.3, -0.25) is 9.59 Å². The van der Waals surface area contributed by atoms with Crippen LogP contribution in [0.5, 0.6) is 0 Å². The molecule has 0 aliphatic rings. The molecule has 1 aromatic heterocycles. The van der Waals surface area contributed by atoms with Gasteiger partial charge in [-0.05, 0) is 6.92 Å². The number of hydrogen-bond donors (Lipinski definition) is 1. The first-order valence-electron chi connectivity index (χ1n) is 5.48. The van der Waals surface area contributed by atoms with E-state index in [2.05, 4.69) is 10.3 Å². The Labute approximate surface area is 108 Å². The van der Waals surface area contributed by atoms with Crippen LogP contribution in [0.2, 0.25) is 0 Å². The van der Waals surface area contributed by atoms with Gasteiger partial charge in [0.05, 0.1) is 6.61 Å². The molecule has 0 unspecified atom stereocenters. The minimum atomic E-state index is -0.651. The number of rotatable bonds is 5. The van der Waals surface area contributed by atoms with Crippen molar-refractivity contribution in [1.29, 1.82) is 0 Å². The molecule has 1 rings (SSSR count). The van der Waals surface area contributed by atoms with E-state index >= 15 is 0 Å². The fourth-order valence-corrected chi connectivity index (χ4v) is 2.22. The van der Waals surface area contributed by atoms with Gasteiger partial charge in [-0.15, -0.1) is 0 Å². The summed E-state index contributed by atoms with van der Waals surface area (Å²) < 4.78 is 4.82. The number of ketones is 1. The predicted molar refractivity (Wildman–Crippen MR) is 67.0 cm³/mol. The average molecular weight is 270 g/mol. The van der Waals surface area contributed by atoms with Gasteiger partial charge in [0, 0.05) is 13.3 Å². The lowest BCUT2D eigenvalue weighted by Crippen LogP contribution is -2.11.